The normalized spacial score (nSPS) is 16.2. The molecule has 2 aliphatic heterocycles. The zero-order valence-electron chi connectivity index (χ0n) is 30.8. The second-order valence-electron chi connectivity index (χ2n) is 14.0. The van der Waals surface area contributed by atoms with Gasteiger partial charge in [0.15, 0.2) is 5.65 Å². The zero-order chi connectivity index (χ0) is 35.7. The second kappa shape index (κ2) is 17.3. The van der Waals surface area contributed by atoms with Crippen LogP contribution in [0.2, 0.25) is 0 Å². The first-order chi connectivity index (χ1) is 24.8. The smallest absolute Gasteiger partial charge is 0.229 e. The van der Waals surface area contributed by atoms with Gasteiger partial charge in [-0.1, -0.05) is 37.3 Å². The molecule has 2 fully saturated rings. The Morgan fingerprint density at radius 3 is 2.53 bits per heavy atom. The van der Waals surface area contributed by atoms with Gasteiger partial charge in [-0.3, -0.25) is 14.5 Å². The predicted molar refractivity (Wildman–Crippen MR) is 202 cm³/mol. The van der Waals surface area contributed by atoms with E-state index in [0.717, 1.165) is 104 Å². The third-order valence-corrected chi connectivity index (χ3v) is 10.2. The van der Waals surface area contributed by atoms with Crippen molar-refractivity contribution in [1.29, 1.82) is 0 Å². The highest BCUT2D eigenvalue weighted by atomic mass is 16.5. The van der Waals surface area contributed by atoms with Crippen LogP contribution in [0.4, 0.5) is 5.69 Å². The van der Waals surface area contributed by atoms with E-state index in [-0.39, 0.29) is 30.8 Å². The third kappa shape index (κ3) is 9.32. The molecular weight excluding hydrogens is 640 g/mol. The Bertz CT molecular complexity index is 1810. The van der Waals surface area contributed by atoms with Crippen LogP contribution in [0.15, 0.2) is 48.7 Å². The summed E-state index contributed by atoms with van der Waals surface area (Å²) >= 11 is 0. The largest absolute Gasteiger partial charge is 0.381 e. The van der Waals surface area contributed by atoms with Gasteiger partial charge >= 0.3 is 0 Å². The SMILES string of the molecule is CCc1nc2c(cnn2CC)c(NC2CCOCC2)c1CNC(=O)CC(=O)NCc1ccc(C)c(-c2cccc(CN3CCCN(C)CC3)c2)c1. The minimum absolute atomic E-state index is 0.249. The summed E-state index contributed by atoms with van der Waals surface area (Å²) in [5.74, 6) is -0.637. The fourth-order valence-corrected chi connectivity index (χ4v) is 7.20. The molecule has 0 aliphatic carbocycles. The van der Waals surface area contributed by atoms with Gasteiger partial charge in [-0.15, -0.1) is 0 Å². The van der Waals surface area contributed by atoms with Crippen molar-refractivity contribution in [3.63, 3.8) is 0 Å². The molecule has 6 rings (SSSR count). The lowest BCUT2D eigenvalue weighted by atomic mass is 9.96. The van der Waals surface area contributed by atoms with Crippen molar-refractivity contribution < 1.29 is 14.3 Å². The van der Waals surface area contributed by atoms with Crippen molar-refractivity contribution in [2.45, 2.75) is 85.1 Å². The number of aromatic nitrogens is 3. The molecule has 4 aromatic rings. The van der Waals surface area contributed by atoms with Crippen LogP contribution in [-0.4, -0.2) is 88.9 Å². The molecule has 11 nitrogen and oxygen atoms in total. The number of fused-ring (bicyclic) bond motifs is 1. The Morgan fingerprint density at radius 1 is 0.941 bits per heavy atom. The molecule has 2 saturated heterocycles. The maximum atomic E-state index is 13.1. The maximum Gasteiger partial charge on any atom is 0.229 e. The highest BCUT2D eigenvalue weighted by Crippen LogP contribution is 2.31. The summed E-state index contributed by atoms with van der Waals surface area (Å²) in [5.41, 5.74) is 9.48. The molecule has 0 saturated carbocycles. The van der Waals surface area contributed by atoms with Crippen molar-refractivity contribution >= 4 is 28.5 Å². The average Bonchev–Trinajstić information content (AvgIpc) is 3.45. The maximum absolute atomic E-state index is 13.1. The quantitative estimate of drug-likeness (QED) is 0.167. The number of carbonyl (C=O) groups excluding carboxylic acids is 2. The molecule has 2 aromatic carbocycles. The van der Waals surface area contributed by atoms with Gasteiger partial charge in [-0.25, -0.2) is 9.67 Å². The van der Waals surface area contributed by atoms with Crippen LogP contribution in [0.1, 0.15) is 67.5 Å². The van der Waals surface area contributed by atoms with Gasteiger partial charge in [0, 0.05) is 69.8 Å². The molecule has 2 aliphatic rings. The highest BCUT2D eigenvalue weighted by molar-refractivity contribution is 5.97. The summed E-state index contributed by atoms with van der Waals surface area (Å²) < 4.78 is 7.49. The lowest BCUT2D eigenvalue weighted by Gasteiger charge is -2.26. The van der Waals surface area contributed by atoms with Crippen LogP contribution in [0.25, 0.3) is 22.2 Å². The van der Waals surface area contributed by atoms with Crippen LogP contribution in [0.3, 0.4) is 0 Å². The molecule has 2 aromatic heterocycles. The average molecular weight is 695 g/mol. The van der Waals surface area contributed by atoms with Gasteiger partial charge in [0.05, 0.1) is 17.3 Å². The fraction of sp³-hybridized carbons (Fsp3) is 0.500. The van der Waals surface area contributed by atoms with E-state index in [1.54, 1.807) is 0 Å². The molecule has 0 radical (unpaired) electrons. The molecule has 0 bridgehead atoms. The van der Waals surface area contributed by atoms with E-state index < -0.39 is 0 Å². The Hall–Kier alpha value is -4.32. The number of anilines is 1. The van der Waals surface area contributed by atoms with E-state index in [2.05, 4.69) is 95.1 Å². The Balaban J connectivity index is 1.07. The molecular formula is C40H54N8O3. The van der Waals surface area contributed by atoms with E-state index in [9.17, 15) is 9.59 Å². The van der Waals surface area contributed by atoms with Crippen molar-refractivity contribution in [2.75, 3.05) is 51.8 Å². The van der Waals surface area contributed by atoms with Crippen molar-refractivity contribution in [3.8, 4) is 11.1 Å². The third-order valence-electron chi connectivity index (χ3n) is 10.2. The summed E-state index contributed by atoms with van der Waals surface area (Å²) in [6.45, 7) is 14.4. The minimum Gasteiger partial charge on any atom is -0.381 e. The molecule has 11 heteroatoms. The monoisotopic (exact) mass is 694 g/mol. The van der Waals surface area contributed by atoms with Crippen LogP contribution in [-0.2, 0) is 46.9 Å². The molecule has 0 spiro atoms. The molecule has 0 unspecified atom stereocenters. The summed E-state index contributed by atoms with van der Waals surface area (Å²) in [6, 6.07) is 15.4. The van der Waals surface area contributed by atoms with Gasteiger partial charge < -0.3 is 25.6 Å². The lowest BCUT2D eigenvalue weighted by Crippen LogP contribution is -2.32. The Kier molecular flexibility index (Phi) is 12.3. The van der Waals surface area contributed by atoms with Gasteiger partial charge in [-0.05, 0) is 99.6 Å². The first-order valence-corrected chi connectivity index (χ1v) is 18.7. The minimum atomic E-state index is -0.326. The van der Waals surface area contributed by atoms with Crippen LogP contribution < -0.4 is 16.0 Å². The molecule has 0 atom stereocenters. The number of hydrogen-bond donors (Lipinski definition) is 3. The number of amides is 2. The number of rotatable bonds is 13. The number of hydrogen-bond acceptors (Lipinski definition) is 8. The van der Waals surface area contributed by atoms with E-state index in [1.165, 1.54) is 23.1 Å². The van der Waals surface area contributed by atoms with Crippen molar-refractivity contribution in [2.24, 2.45) is 0 Å². The van der Waals surface area contributed by atoms with E-state index in [1.807, 2.05) is 16.9 Å². The zero-order valence-corrected chi connectivity index (χ0v) is 30.8. The number of ether oxygens (including phenoxy) is 1. The van der Waals surface area contributed by atoms with Gasteiger partial charge in [-0.2, -0.15) is 5.10 Å². The van der Waals surface area contributed by atoms with E-state index in [4.69, 9.17) is 9.72 Å². The van der Waals surface area contributed by atoms with Crippen LogP contribution in [0, 0.1) is 6.92 Å². The molecule has 51 heavy (non-hydrogen) atoms. The number of benzene rings is 2. The fourth-order valence-electron chi connectivity index (χ4n) is 7.20. The first kappa shape index (κ1) is 36.5. The number of aryl methyl sites for hydroxylation is 3. The number of carbonyl (C=O) groups is 2. The summed E-state index contributed by atoms with van der Waals surface area (Å²) in [6.07, 6.45) is 5.32. The van der Waals surface area contributed by atoms with Crippen molar-refractivity contribution in [1.82, 2.24) is 35.2 Å². The lowest BCUT2D eigenvalue weighted by molar-refractivity contribution is -0.129. The van der Waals surface area contributed by atoms with Crippen molar-refractivity contribution in [3.05, 3.63) is 76.6 Å². The number of nitrogens with one attached hydrogen (secondary N) is 3. The summed E-state index contributed by atoms with van der Waals surface area (Å²) in [5, 5.41) is 15.2. The first-order valence-electron chi connectivity index (χ1n) is 18.7. The number of nitrogens with zero attached hydrogens (tertiary/aromatic N) is 5. The Morgan fingerprint density at radius 2 is 1.75 bits per heavy atom. The van der Waals surface area contributed by atoms with Gasteiger partial charge in [0.1, 0.15) is 6.42 Å². The van der Waals surface area contributed by atoms with Crippen LogP contribution in [0.5, 0.6) is 0 Å². The predicted octanol–water partition coefficient (Wildman–Crippen LogP) is 5.04. The molecule has 3 N–H and O–H groups in total. The van der Waals surface area contributed by atoms with Gasteiger partial charge in [0.25, 0.3) is 0 Å². The summed E-state index contributed by atoms with van der Waals surface area (Å²) in [7, 11) is 2.20. The van der Waals surface area contributed by atoms with E-state index in [0.29, 0.717) is 13.0 Å². The number of likely N-dealkylation sites (N-methyl/N-ethyl adjacent to an activating group) is 1. The van der Waals surface area contributed by atoms with E-state index >= 15 is 0 Å². The molecule has 272 valence electrons. The standard InChI is InChI=1S/C40H54N8O3/c1-5-36-34(39(44-32-13-19-51-20-14-32)35-26-43-48(6-2)40(35)45-36)25-42-38(50)23-37(49)41-24-29-12-11-28(3)33(22-29)31-10-7-9-30(21-31)27-47-16-8-15-46(4)17-18-47/h7,9-12,21-22,26,32H,5-6,8,13-20,23-25,27H2,1-4H3,(H,41,49)(H,42,50)(H,44,45). The second-order valence-corrected chi connectivity index (χ2v) is 14.0. The Labute approximate surface area is 302 Å². The van der Waals surface area contributed by atoms with Gasteiger partial charge in [0.2, 0.25) is 11.8 Å². The summed E-state index contributed by atoms with van der Waals surface area (Å²) in [4.78, 5) is 36.0. The van der Waals surface area contributed by atoms with Crippen LogP contribution >= 0.6 is 0 Å². The number of pyridine rings is 1. The topological polar surface area (TPSA) is 117 Å². The molecule has 2 amide bonds. The molecule has 4 heterocycles. The highest BCUT2D eigenvalue weighted by Gasteiger charge is 2.22.